The van der Waals surface area contributed by atoms with E-state index in [4.69, 9.17) is 52.1 Å². The van der Waals surface area contributed by atoms with Crippen LogP contribution in [0.3, 0.4) is 0 Å². The summed E-state index contributed by atoms with van der Waals surface area (Å²) >= 11 is 4.38. The molecule has 0 amide bonds. The Kier molecular flexibility index (Phi) is 69.9. The summed E-state index contributed by atoms with van der Waals surface area (Å²) in [6.45, 7) is 17.0. The highest BCUT2D eigenvalue weighted by Crippen LogP contribution is 2.43. The summed E-state index contributed by atoms with van der Waals surface area (Å²) in [5.74, 6) is 3.26. The van der Waals surface area contributed by atoms with Crippen LogP contribution in [-0.2, 0) is 0 Å². The first-order valence-corrected chi connectivity index (χ1v) is 59.4. The van der Waals surface area contributed by atoms with E-state index >= 15 is 0 Å². The van der Waals surface area contributed by atoms with E-state index in [0.29, 0.717) is 115 Å². The molecule has 0 aromatic heterocycles. The van der Waals surface area contributed by atoms with E-state index in [1.165, 1.54) is 334 Å². The first-order chi connectivity index (χ1) is 71.0. The van der Waals surface area contributed by atoms with Crippen LogP contribution in [0.1, 0.15) is 520 Å². The Bertz CT molecular complexity index is 4300. The third kappa shape index (κ3) is 54.9. The highest BCUT2D eigenvalue weighted by molar-refractivity contribution is 7.80. The number of benzene rings is 7. The van der Waals surface area contributed by atoms with Crippen molar-refractivity contribution in [3.05, 3.63) is 162 Å². The molecule has 0 saturated heterocycles. The molecule has 0 N–H and O–H groups in total. The maximum absolute atomic E-state index is 14.5. The second-order valence-electron chi connectivity index (χ2n) is 40.6. The lowest BCUT2D eigenvalue weighted by atomic mass is 10.1. The Labute approximate surface area is 879 Å². The second kappa shape index (κ2) is 82.3. The molecule has 0 unspecified atom stereocenters. The average molecular weight is 2010 g/mol. The number of ether oxygens (including phenoxy) is 11. The molecule has 7 aromatic carbocycles. The molecule has 0 fully saturated rings. The molecule has 16 heteroatoms. The fourth-order valence-corrected chi connectivity index (χ4v) is 18.9. The van der Waals surface area contributed by atoms with Crippen molar-refractivity contribution < 1.29 is 71.3 Å². The molecule has 7 aromatic rings. The van der Waals surface area contributed by atoms with Crippen molar-refractivity contribution in [1.82, 2.24) is 0 Å². The Morgan fingerprint density at radius 2 is 0.361 bits per heavy atom. The molecule has 0 radical (unpaired) electrons. The molecule has 0 aliphatic heterocycles. The van der Waals surface area contributed by atoms with E-state index in [1.54, 1.807) is 84.9 Å². The summed E-state index contributed by atoms with van der Waals surface area (Å²) in [6.07, 6.45) is 82.0. The van der Waals surface area contributed by atoms with Crippen LogP contribution in [0.5, 0.6) is 63.2 Å². The van der Waals surface area contributed by atoms with Crippen molar-refractivity contribution in [2.45, 2.75) is 478 Å². The maximum Gasteiger partial charge on any atom is 0.347 e. The van der Waals surface area contributed by atoms with Gasteiger partial charge in [0.1, 0.15) is 34.3 Å². The van der Waals surface area contributed by atoms with Crippen LogP contribution in [0.15, 0.2) is 140 Å². The highest BCUT2D eigenvalue weighted by atomic mass is 32.1. The predicted octanol–water partition coefficient (Wildman–Crippen LogP) is 39.1. The van der Waals surface area contributed by atoms with E-state index in [0.717, 1.165) is 137 Å². The molecule has 0 aliphatic rings. The van der Waals surface area contributed by atoms with Crippen LogP contribution in [0.2, 0.25) is 0 Å². The van der Waals surface area contributed by atoms with Gasteiger partial charge in [0, 0.05) is 0 Å². The molecule has 7 rings (SSSR count). The van der Waals surface area contributed by atoms with Crippen LogP contribution < -0.4 is 52.1 Å². The van der Waals surface area contributed by atoms with Crippen molar-refractivity contribution in [3.8, 4) is 85.5 Å². The predicted molar refractivity (Wildman–Crippen MR) is 603 cm³/mol. The molecule has 144 heavy (non-hydrogen) atoms. The zero-order chi connectivity index (χ0) is 102. The minimum absolute atomic E-state index is 0.0806. The summed E-state index contributed by atoms with van der Waals surface area (Å²) in [7, 11) is 0. The third-order valence-electron chi connectivity index (χ3n) is 27.7. The van der Waals surface area contributed by atoms with Gasteiger partial charge in [-0.05, 0) is 170 Å². The van der Waals surface area contributed by atoms with E-state index in [9.17, 15) is 19.2 Å². The number of hydrogen-bond acceptors (Lipinski definition) is 16. The minimum Gasteiger partial charge on any atom is -0.493 e. The van der Waals surface area contributed by atoms with Crippen LogP contribution >= 0.6 is 12.6 Å². The van der Waals surface area contributed by atoms with Crippen molar-refractivity contribution >= 4 is 36.5 Å². The van der Waals surface area contributed by atoms with Crippen LogP contribution in [0, 0.1) is 0 Å². The monoisotopic (exact) mass is 2000 g/mol. The first kappa shape index (κ1) is 122. The van der Waals surface area contributed by atoms with Gasteiger partial charge in [-0.25, -0.2) is 19.2 Å². The van der Waals surface area contributed by atoms with E-state index in [1.807, 2.05) is 48.5 Å². The molecule has 0 saturated carbocycles. The van der Waals surface area contributed by atoms with E-state index in [2.05, 4.69) is 54.2 Å². The van der Waals surface area contributed by atoms with Crippen molar-refractivity contribution in [2.24, 2.45) is 0 Å². The van der Waals surface area contributed by atoms with Gasteiger partial charge in [-0.2, -0.15) is 12.6 Å². The summed E-state index contributed by atoms with van der Waals surface area (Å²) in [5, 5.41) is 0. The topological polar surface area (TPSA) is 170 Å². The molecule has 0 aliphatic carbocycles. The molecule has 0 atom stereocenters. The standard InChI is InChI=1S/C128H194O15S/c1-7-13-19-25-31-37-43-51-60-68-94-134-119-102-111(103-120(135-95-69-61-52-44-38-32-26-20-14-8-2)123(119)138-98-72-64-56-47-41-35-29-23-17-11-5)126(130)141-114-86-77-107(78-87-114)106-75-84-113(85-76-106)140-125(129)110-83-92-118(133-93-67-59-55-49-50-58-66-74-100-144)117(101-110)128(132)143-116-90-81-109(82-91-116)108-79-88-115(89-80-108)142-127(131)112-104-121(136-96-70-62-53-45-39-33-27-21-15-9-3)124(139-99-73-65-57-48-42-36-30-24-18-12-6)122(105-112)137-97-71-63-54-46-40-34-28-22-16-10-4/h75-92,101-105,144H,7-74,93-100H2,1-6H3. The number of carbonyl (C=O) groups excluding carboxylic acids is 4. The minimum atomic E-state index is -0.700. The average Bonchev–Trinajstić information content (AvgIpc) is 0.814. The van der Waals surface area contributed by atoms with Crippen LogP contribution in [0.25, 0.3) is 22.3 Å². The second-order valence-corrected chi connectivity index (χ2v) is 41.0. The SMILES string of the molecule is CCCCCCCCCCCCOc1cc(C(=O)Oc2ccc(-c3ccc(OC(=O)c4ccc(OCCCCCCCCCCS)c(C(=O)Oc5ccc(-c6ccc(OC(=O)c7cc(OCCCCCCCCCCCC)c(OCCCCCCCCCCCC)c(OCCCCCCCCCCCC)c7)cc6)cc5)c4)cc3)cc2)cc(OCCCCCCCCCCCC)c1OCCCCCCCCCCCC. The van der Waals surface area contributed by atoms with E-state index in [-0.39, 0.29) is 16.9 Å². The number of esters is 4. The van der Waals surface area contributed by atoms with Gasteiger partial charge in [0.05, 0.1) is 62.9 Å². The Morgan fingerprint density at radius 1 is 0.181 bits per heavy atom. The third-order valence-corrected chi connectivity index (χ3v) is 28.0. The lowest BCUT2D eigenvalue weighted by Gasteiger charge is -2.19. The molecule has 0 heterocycles. The smallest absolute Gasteiger partial charge is 0.347 e. The molecule has 0 spiro atoms. The summed E-state index contributed by atoms with van der Waals surface area (Å²) in [5.41, 5.74) is 4.24. The lowest BCUT2D eigenvalue weighted by molar-refractivity contribution is 0.0717. The molecule has 802 valence electrons. The van der Waals surface area contributed by atoms with Gasteiger partial charge in [0.25, 0.3) is 0 Å². The van der Waals surface area contributed by atoms with Gasteiger partial charge < -0.3 is 52.1 Å². The zero-order valence-electron chi connectivity index (χ0n) is 91.1. The molecule has 0 bridgehead atoms. The van der Waals surface area contributed by atoms with Gasteiger partial charge in [-0.3, -0.25) is 0 Å². The zero-order valence-corrected chi connectivity index (χ0v) is 92.0. The highest BCUT2D eigenvalue weighted by Gasteiger charge is 2.26. The van der Waals surface area contributed by atoms with Crippen molar-refractivity contribution in [3.63, 3.8) is 0 Å². The maximum atomic E-state index is 14.5. The number of rotatable bonds is 93. The van der Waals surface area contributed by atoms with Gasteiger partial charge >= 0.3 is 23.9 Å². The van der Waals surface area contributed by atoms with Crippen LogP contribution in [-0.4, -0.2) is 75.9 Å². The van der Waals surface area contributed by atoms with Crippen LogP contribution in [0.4, 0.5) is 0 Å². The summed E-state index contributed by atoms with van der Waals surface area (Å²) in [4.78, 5) is 57.6. The quantitative estimate of drug-likeness (QED) is 0.0165. The molecular weight excluding hydrogens is 1810 g/mol. The number of thiol groups is 1. The first-order valence-electron chi connectivity index (χ1n) is 58.8. The van der Waals surface area contributed by atoms with Gasteiger partial charge in [-0.1, -0.05) is 475 Å². The van der Waals surface area contributed by atoms with Gasteiger partial charge in [0.15, 0.2) is 23.0 Å². The normalized spacial score (nSPS) is 11.3. The number of hydrogen-bond donors (Lipinski definition) is 1. The Hall–Kier alpha value is -8.63. The number of unbranched alkanes of at least 4 members (excludes halogenated alkanes) is 61. The van der Waals surface area contributed by atoms with Gasteiger partial charge in [-0.15, -0.1) is 0 Å². The van der Waals surface area contributed by atoms with Gasteiger partial charge in [0.2, 0.25) is 11.5 Å². The molecular formula is C128H194O15S. The fourth-order valence-electron chi connectivity index (χ4n) is 18.6. The summed E-state index contributed by atoms with van der Waals surface area (Å²) < 4.78 is 70.6. The summed E-state index contributed by atoms with van der Waals surface area (Å²) in [6, 6.07) is 40.9. The Morgan fingerprint density at radius 3 is 0.576 bits per heavy atom. The van der Waals surface area contributed by atoms with E-state index < -0.39 is 23.9 Å². The van der Waals surface area contributed by atoms with Crippen molar-refractivity contribution in [1.29, 1.82) is 0 Å². The van der Waals surface area contributed by atoms with Crippen molar-refractivity contribution in [2.75, 3.05) is 52.0 Å². The molecule has 15 nitrogen and oxygen atoms in total. The Balaban J connectivity index is 1.02. The number of carbonyl (C=O) groups is 4. The fraction of sp³-hybridized carbons (Fsp3) is 0.641. The lowest BCUT2D eigenvalue weighted by Crippen LogP contribution is -2.15. The largest absolute Gasteiger partial charge is 0.493 e.